The number of benzene rings is 2. The summed E-state index contributed by atoms with van der Waals surface area (Å²) in [5.74, 6) is 0.833. The van der Waals surface area contributed by atoms with Crippen LogP contribution in [0.5, 0.6) is 17.2 Å². The molecule has 1 aliphatic rings. The summed E-state index contributed by atoms with van der Waals surface area (Å²) in [5, 5.41) is 2.70. The van der Waals surface area contributed by atoms with Crippen LogP contribution in [0.25, 0.3) is 6.08 Å². The number of carbonyl (C=O) groups excluding carboxylic acids is 2. The summed E-state index contributed by atoms with van der Waals surface area (Å²) in [7, 11) is 0. The van der Waals surface area contributed by atoms with Crippen molar-refractivity contribution in [3.8, 4) is 17.2 Å². The van der Waals surface area contributed by atoms with Crippen LogP contribution in [0.2, 0.25) is 0 Å². The molecule has 0 saturated heterocycles. The van der Waals surface area contributed by atoms with Crippen LogP contribution in [0.3, 0.4) is 0 Å². The molecule has 156 valence electrons. The van der Waals surface area contributed by atoms with E-state index in [9.17, 15) is 9.59 Å². The van der Waals surface area contributed by atoms with Crippen molar-refractivity contribution in [2.75, 3.05) is 25.1 Å². The van der Waals surface area contributed by atoms with Crippen LogP contribution in [-0.4, -0.2) is 37.8 Å². The summed E-state index contributed by atoms with van der Waals surface area (Å²) in [4.78, 5) is 24.3. The minimum atomic E-state index is -0.968. The molecule has 1 atom stereocenters. The van der Waals surface area contributed by atoms with Crippen LogP contribution in [0.1, 0.15) is 12.5 Å². The van der Waals surface area contributed by atoms with Crippen molar-refractivity contribution >= 4 is 23.6 Å². The van der Waals surface area contributed by atoms with Crippen molar-refractivity contribution in [1.29, 1.82) is 0 Å². The summed E-state index contributed by atoms with van der Waals surface area (Å²) >= 11 is 0. The molecule has 7 nitrogen and oxygen atoms in total. The summed E-state index contributed by atoms with van der Waals surface area (Å²) in [6.07, 6.45) is 3.57. The van der Waals surface area contributed by atoms with E-state index in [1.807, 2.05) is 0 Å². The molecule has 1 N–H and O–H groups in total. The van der Waals surface area contributed by atoms with Crippen molar-refractivity contribution < 1.29 is 28.5 Å². The maximum absolute atomic E-state index is 12.3. The third-order valence-corrected chi connectivity index (χ3v) is 4.13. The second-order valence-electron chi connectivity index (χ2n) is 6.43. The Bertz CT molecular complexity index is 935. The summed E-state index contributed by atoms with van der Waals surface area (Å²) in [5.41, 5.74) is 1.33. The van der Waals surface area contributed by atoms with E-state index in [2.05, 4.69) is 11.9 Å². The zero-order valence-electron chi connectivity index (χ0n) is 16.6. The smallest absolute Gasteiger partial charge is 0.331 e. The molecule has 30 heavy (non-hydrogen) atoms. The van der Waals surface area contributed by atoms with Gasteiger partial charge in [-0.2, -0.15) is 0 Å². The number of esters is 1. The highest BCUT2D eigenvalue weighted by molar-refractivity contribution is 5.96. The van der Waals surface area contributed by atoms with Gasteiger partial charge in [0.2, 0.25) is 0 Å². The Morgan fingerprint density at radius 1 is 1.13 bits per heavy atom. The molecule has 0 spiro atoms. The van der Waals surface area contributed by atoms with E-state index in [0.29, 0.717) is 42.8 Å². The minimum absolute atomic E-state index is 0.424. The summed E-state index contributed by atoms with van der Waals surface area (Å²) in [6, 6.07) is 12.3. The lowest BCUT2D eigenvalue weighted by Gasteiger charge is -2.19. The minimum Gasteiger partial charge on any atom is -0.490 e. The van der Waals surface area contributed by atoms with Gasteiger partial charge in [0, 0.05) is 17.8 Å². The first-order valence-corrected chi connectivity index (χ1v) is 9.48. The predicted octanol–water partition coefficient (Wildman–Crippen LogP) is 3.61. The highest BCUT2D eigenvalue weighted by Crippen LogP contribution is 2.32. The number of rotatable bonds is 8. The van der Waals surface area contributed by atoms with Crippen LogP contribution < -0.4 is 19.5 Å². The van der Waals surface area contributed by atoms with E-state index < -0.39 is 18.0 Å². The second kappa shape index (κ2) is 10.2. The number of ether oxygens (including phenoxy) is 4. The van der Waals surface area contributed by atoms with Crippen LogP contribution in [0.15, 0.2) is 61.2 Å². The van der Waals surface area contributed by atoms with Gasteiger partial charge >= 0.3 is 5.97 Å². The topological polar surface area (TPSA) is 83.1 Å². The van der Waals surface area contributed by atoms with Gasteiger partial charge in [-0.1, -0.05) is 24.8 Å². The third-order valence-electron chi connectivity index (χ3n) is 4.13. The predicted molar refractivity (Wildman–Crippen MR) is 113 cm³/mol. The molecule has 0 aliphatic carbocycles. The number of amides is 1. The first-order valence-electron chi connectivity index (χ1n) is 9.48. The zero-order valence-corrected chi connectivity index (χ0v) is 16.6. The van der Waals surface area contributed by atoms with Gasteiger partial charge in [-0.15, -0.1) is 0 Å². The molecule has 2 aromatic carbocycles. The Kier molecular flexibility index (Phi) is 7.10. The van der Waals surface area contributed by atoms with Gasteiger partial charge in [0.05, 0.1) is 0 Å². The van der Waals surface area contributed by atoms with Gasteiger partial charge in [-0.3, -0.25) is 4.79 Å². The van der Waals surface area contributed by atoms with E-state index in [1.54, 1.807) is 54.6 Å². The maximum atomic E-state index is 12.3. The molecule has 1 heterocycles. The number of hydrogen-bond acceptors (Lipinski definition) is 6. The van der Waals surface area contributed by atoms with Crippen molar-refractivity contribution in [3.05, 3.63) is 66.8 Å². The lowest BCUT2D eigenvalue weighted by molar-refractivity contribution is -0.148. The van der Waals surface area contributed by atoms with Crippen LogP contribution in [0.4, 0.5) is 5.69 Å². The number of hydrogen-bond donors (Lipinski definition) is 1. The highest BCUT2D eigenvalue weighted by atomic mass is 16.6. The van der Waals surface area contributed by atoms with E-state index in [0.717, 1.165) is 5.56 Å². The Morgan fingerprint density at radius 3 is 2.60 bits per heavy atom. The molecule has 1 aliphatic heterocycles. The second-order valence-corrected chi connectivity index (χ2v) is 6.43. The van der Waals surface area contributed by atoms with Gasteiger partial charge < -0.3 is 24.3 Å². The third kappa shape index (κ3) is 5.88. The standard InChI is InChI=1S/C23H23NO6/c1-3-12-27-19-8-4-17(5-9-19)6-11-22(25)30-16(2)23(26)24-18-7-10-20-21(15-18)29-14-13-28-20/h3-11,15-16H,1,12-14H2,2H3,(H,24,26)/b11-6+. The molecule has 0 saturated carbocycles. The molecule has 0 radical (unpaired) electrons. The Labute approximate surface area is 174 Å². The van der Waals surface area contributed by atoms with Crippen molar-refractivity contribution in [2.45, 2.75) is 13.0 Å². The normalized spacial score (nSPS) is 13.4. The first kappa shape index (κ1) is 21.0. The van der Waals surface area contributed by atoms with E-state index >= 15 is 0 Å². The molecular formula is C23H23NO6. The molecule has 1 amide bonds. The Hall–Kier alpha value is -3.74. The van der Waals surface area contributed by atoms with Crippen LogP contribution in [0, 0.1) is 0 Å². The van der Waals surface area contributed by atoms with Crippen LogP contribution >= 0.6 is 0 Å². The van der Waals surface area contributed by atoms with Gasteiger partial charge in [0.25, 0.3) is 5.91 Å². The fourth-order valence-corrected chi connectivity index (χ4v) is 2.63. The molecular weight excluding hydrogens is 386 g/mol. The average Bonchev–Trinajstić information content (AvgIpc) is 2.76. The molecule has 3 rings (SSSR count). The number of fused-ring (bicyclic) bond motifs is 1. The number of carbonyl (C=O) groups is 2. The van der Waals surface area contributed by atoms with Crippen LogP contribution in [-0.2, 0) is 14.3 Å². The van der Waals surface area contributed by atoms with Crippen molar-refractivity contribution in [2.24, 2.45) is 0 Å². The maximum Gasteiger partial charge on any atom is 0.331 e. The zero-order chi connectivity index (χ0) is 21.3. The van der Waals surface area contributed by atoms with Crippen molar-refractivity contribution in [1.82, 2.24) is 0 Å². The van der Waals surface area contributed by atoms with Gasteiger partial charge in [0.15, 0.2) is 17.6 Å². The molecule has 1 unspecified atom stereocenters. The quantitative estimate of drug-likeness (QED) is 0.407. The molecule has 0 bridgehead atoms. The van der Waals surface area contributed by atoms with E-state index in [-0.39, 0.29) is 0 Å². The molecule has 0 fully saturated rings. The lowest BCUT2D eigenvalue weighted by atomic mass is 10.2. The SMILES string of the molecule is C=CCOc1ccc(/C=C/C(=O)OC(C)C(=O)Nc2ccc3c(c2)OCCO3)cc1. The van der Waals surface area contributed by atoms with Gasteiger partial charge in [-0.25, -0.2) is 4.79 Å². The molecule has 2 aromatic rings. The largest absolute Gasteiger partial charge is 0.490 e. The summed E-state index contributed by atoms with van der Waals surface area (Å²) in [6.45, 7) is 6.47. The fourth-order valence-electron chi connectivity index (χ4n) is 2.63. The summed E-state index contributed by atoms with van der Waals surface area (Å²) < 4.78 is 21.5. The monoisotopic (exact) mass is 409 g/mol. The van der Waals surface area contributed by atoms with Gasteiger partial charge in [-0.05, 0) is 42.8 Å². The Balaban J connectivity index is 1.50. The number of nitrogens with one attached hydrogen (secondary N) is 1. The first-order chi connectivity index (χ1) is 14.5. The lowest BCUT2D eigenvalue weighted by Crippen LogP contribution is -2.29. The number of anilines is 1. The van der Waals surface area contributed by atoms with Crippen molar-refractivity contribution in [3.63, 3.8) is 0 Å². The van der Waals surface area contributed by atoms with Gasteiger partial charge in [0.1, 0.15) is 25.6 Å². The fraction of sp³-hybridized carbons (Fsp3) is 0.217. The molecule has 0 aromatic heterocycles. The highest BCUT2D eigenvalue weighted by Gasteiger charge is 2.18. The van der Waals surface area contributed by atoms with E-state index in [4.69, 9.17) is 18.9 Å². The van der Waals surface area contributed by atoms with E-state index in [1.165, 1.54) is 13.0 Å². The molecule has 7 heteroatoms. The Morgan fingerprint density at radius 2 is 1.87 bits per heavy atom. The average molecular weight is 409 g/mol.